The summed E-state index contributed by atoms with van der Waals surface area (Å²) >= 11 is 0. The molecular formula is C20H24N2O4. The van der Waals surface area contributed by atoms with Crippen LogP contribution in [0.15, 0.2) is 48.5 Å². The monoisotopic (exact) mass is 356 g/mol. The van der Waals surface area contributed by atoms with Crippen molar-refractivity contribution in [1.82, 2.24) is 10.9 Å². The maximum Gasteiger partial charge on any atom is 0.276 e. The van der Waals surface area contributed by atoms with Gasteiger partial charge in [-0.25, -0.2) is 0 Å². The molecule has 6 nitrogen and oxygen atoms in total. The highest BCUT2D eigenvalue weighted by Gasteiger charge is 2.08. The van der Waals surface area contributed by atoms with Crippen LogP contribution in [-0.4, -0.2) is 25.5 Å². The Bertz CT molecular complexity index is 729. The number of amides is 2. The number of carbonyl (C=O) groups excluding carboxylic acids is 2. The molecule has 0 heterocycles. The molecule has 0 spiro atoms. The molecular weight excluding hydrogens is 332 g/mol. The van der Waals surface area contributed by atoms with Crippen LogP contribution in [0, 0.1) is 0 Å². The number of para-hydroxylation sites is 1. The lowest BCUT2D eigenvalue weighted by molar-refractivity contribution is -0.130. The van der Waals surface area contributed by atoms with Crippen LogP contribution in [0.1, 0.15) is 24.5 Å². The summed E-state index contributed by atoms with van der Waals surface area (Å²) in [6, 6.07) is 15.1. The minimum atomic E-state index is -0.409. The van der Waals surface area contributed by atoms with Crippen LogP contribution in [0.2, 0.25) is 0 Å². The second-order valence-corrected chi connectivity index (χ2v) is 5.69. The summed E-state index contributed by atoms with van der Waals surface area (Å²) in [5, 5.41) is 0. The van der Waals surface area contributed by atoms with Gasteiger partial charge in [0.05, 0.1) is 7.11 Å². The van der Waals surface area contributed by atoms with Crippen molar-refractivity contribution in [2.75, 3.05) is 13.7 Å². The molecule has 2 aromatic rings. The van der Waals surface area contributed by atoms with Gasteiger partial charge < -0.3 is 9.47 Å². The molecule has 6 heteroatoms. The van der Waals surface area contributed by atoms with E-state index in [-0.39, 0.29) is 18.9 Å². The number of benzene rings is 2. The lowest BCUT2D eigenvalue weighted by Gasteiger charge is -2.11. The third kappa shape index (κ3) is 6.12. The third-order valence-corrected chi connectivity index (χ3v) is 3.85. The maximum atomic E-state index is 11.8. The van der Waals surface area contributed by atoms with Crippen LogP contribution < -0.4 is 20.3 Å². The van der Waals surface area contributed by atoms with Gasteiger partial charge in [0.25, 0.3) is 5.91 Å². The molecule has 2 amide bonds. The maximum absolute atomic E-state index is 11.8. The molecule has 26 heavy (non-hydrogen) atoms. The van der Waals surface area contributed by atoms with E-state index in [1.165, 1.54) is 0 Å². The predicted molar refractivity (Wildman–Crippen MR) is 98.9 cm³/mol. The first-order valence-corrected chi connectivity index (χ1v) is 8.53. The predicted octanol–water partition coefficient (Wildman–Crippen LogP) is 2.42. The van der Waals surface area contributed by atoms with E-state index in [4.69, 9.17) is 9.47 Å². The zero-order chi connectivity index (χ0) is 18.8. The van der Waals surface area contributed by atoms with Gasteiger partial charge in [-0.15, -0.1) is 0 Å². The molecule has 2 rings (SSSR count). The Labute approximate surface area is 153 Å². The summed E-state index contributed by atoms with van der Waals surface area (Å²) < 4.78 is 10.6. The fraction of sp³-hybridized carbons (Fsp3) is 0.300. The van der Waals surface area contributed by atoms with E-state index in [9.17, 15) is 9.59 Å². The van der Waals surface area contributed by atoms with E-state index < -0.39 is 5.91 Å². The Balaban J connectivity index is 1.68. The van der Waals surface area contributed by atoms with Crippen molar-refractivity contribution in [2.24, 2.45) is 0 Å². The quantitative estimate of drug-likeness (QED) is 0.712. The fourth-order valence-electron chi connectivity index (χ4n) is 2.37. The zero-order valence-corrected chi connectivity index (χ0v) is 15.1. The topological polar surface area (TPSA) is 76.7 Å². The van der Waals surface area contributed by atoms with Gasteiger partial charge in [-0.05, 0) is 42.2 Å². The molecule has 2 N–H and O–H groups in total. The van der Waals surface area contributed by atoms with Crippen molar-refractivity contribution in [1.29, 1.82) is 0 Å². The van der Waals surface area contributed by atoms with E-state index in [1.54, 1.807) is 7.11 Å². The van der Waals surface area contributed by atoms with Gasteiger partial charge in [-0.2, -0.15) is 0 Å². The Morgan fingerprint density at radius 3 is 2.35 bits per heavy atom. The highest BCUT2D eigenvalue weighted by atomic mass is 16.5. The second kappa shape index (κ2) is 10.1. The van der Waals surface area contributed by atoms with Crippen LogP contribution in [0.25, 0.3) is 0 Å². The summed E-state index contributed by atoms with van der Waals surface area (Å²) in [5.41, 5.74) is 6.81. The summed E-state index contributed by atoms with van der Waals surface area (Å²) in [4.78, 5) is 23.6. The standard InChI is InChI=1S/C20H24N2O4/c1-3-16-6-4-5-7-18(16)26-14-20(24)22-21-19(23)13-10-15-8-11-17(25-2)12-9-15/h4-9,11-12H,3,10,13-14H2,1-2H3,(H,21,23)(H,22,24). The van der Waals surface area contributed by atoms with Crippen LogP contribution >= 0.6 is 0 Å². The Morgan fingerprint density at radius 2 is 1.65 bits per heavy atom. The lowest BCUT2D eigenvalue weighted by atomic mass is 10.1. The number of carbonyl (C=O) groups is 2. The molecule has 138 valence electrons. The molecule has 0 saturated carbocycles. The smallest absolute Gasteiger partial charge is 0.276 e. The lowest BCUT2D eigenvalue weighted by Crippen LogP contribution is -2.43. The molecule has 0 aliphatic rings. The Hall–Kier alpha value is -3.02. The van der Waals surface area contributed by atoms with E-state index in [0.29, 0.717) is 12.2 Å². The van der Waals surface area contributed by atoms with Crippen LogP contribution in [0.3, 0.4) is 0 Å². The van der Waals surface area contributed by atoms with Crippen molar-refractivity contribution in [3.8, 4) is 11.5 Å². The first kappa shape index (κ1) is 19.3. The normalized spacial score (nSPS) is 10.1. The van der Waals surface area contributed by atoms with E-state index in [0.717, 1.165) is 23.3 Å². The molecule has 0 radical (unpaired) electrons. The van der Waals surface area contributed by atoms with Crippen molar-refractivity contribution in [3.05, 3.63) is 59.7 Å². The number of ether oxygens (including phenoxy) is 2. The number of rotatable bonds is 8. The minimum absolute atomic E-state index is 0.157. The molecule has 0 aliphatic heterocycles. The van der Waals surface area contributed by atoms with Gasteiger partial charge in [0.2, 0.25) is 5.91 Å². The number of hydrogen-bond donors (Lipinski definition) is 2. The van der Waals surface area contributed by atoms with Gasteiger partial charge in [-0.3, -0.25) is 20.4 Å². The van der Waals surface area contributed by atoms with Crippen LogP contribution in [0.4, 0.5) is 0 Å². The average Bonchev–Trinajstić information content (AvgIpc) is 2.69. The first-order chi connectivity index (χ1) is 12.6. The molecule has 0 saturated heterocycles. The van der Waals surface area contributed by atoms with Crippen molar-refractivity contribution in [2.45, 2.75) is 26.2 Å². The van der Waals surface area contributed by atoms with Gasteiger partial charge in [-0.1, -0.05) is 37.3 Å². The van der Waals surface area contributed by atoms with Crippen molar-refractivity contribution in [3.63, 3.8) is 0 Å². The zero-order valence-electron chi connectivity index (χ0n) is 15.1. The molecule has 2 aromatic carbocycles. The largest absolute Gasteiger partial charge is 0.497 e. The summed E-state index contributed by atoms with van der Waals surface area (Å²) in [6.45, 7) is 1.86. The Morgan fingerprint density at radius 1 is 0.962 bits per heavy atom. The number of methoxy groups -OCH3 is 1. The van der Waals surface area contributed by atoms with Crippen LogP contribution in [0.5, 0.6) is 11.5 Å². The van der Waals surface area contributed by atoms with Crippen molar-refractivity contribution >= 4 is 11.8 Å². The second-order valence-electron chi connectivity index (χ2n) is 5.69. The van der Waals surface area contributed by atoms with E-state index in [1.807, 2.05) is 55.5 Å². The van der Waals surface area contributed by atoms with Crippen LogP contribution in [-0.2, 0) is 22.4 Å². The SMILES string of the molecule is CCc1ccccc1OCC(=O)NNC(=O)CCc1ccc(OC)cc1. The van der Waals surface area contributed by atoms with Gasteiger partial charge >= 0.3 is 0 Å². The summed E-state index contributed by atoms with van der Waals surface area (Å²) in [6.07, 6.45) is 1.66. The highest BCUT2D eigenvalue weighted by molar-refractivity contribution is 5.82. The number of hydrazine groups is 1. The van der Waals surface area contributed by atoms with E-state index in [2.05, 4.69) is 10.9 Å². The highest BCUT2D eigenvalue weighted by Crippen LogP contribution is 2.17. The molecule has 0 atom stereocenters. The van der Waals surface area contributed by atoms with E-state index >= 15 is 0 Å². The minimum Gasteiger partial charge on any atom is -0.497 e. The molecule has 0 bridgehead atoms. The van der Waals surface area contributed by atoms with Gasteiger partial charge in [0.1, 0.15) is 11.5 Å². The average molecular weight is 356 g/mol. The molecule has 0 unspecified atom stereocenters. The fourth-order valence-corrected chi connectivity index (χ4v) is 2.37. The summed E-state index contributed by atoms with van der Waals surface area (Å²) in [5.74, 6) is 0.780. The number of nitrogens with one attached hydrogen (secondary N) is 2. The number of aryl methyl sites for hydroxylation is 2. The Kier molecular flexibility index (Phi) is 7.49. The molecule has 0 fully saturated rings. The number of hydrogen-bond acceptors (Lipinski definition) is 4. The third-order valence-electron chi connectivity index (χ3n) is 3.85. The molecule has 0 aliphatic carbocycles. The summed E-state index contributed by atoms with van der Waals surface area (Å²) in [7, 11) is 1.61. The van der Waals surface area contributed by atoms with Crippen molar-refractivity contribution < 1.29 is 19.1 Å². The first-order valence-electron chi connectivity index (χ1n) is 8.53. The van der Waals surface area contributed by atoms with Gasteiger partial charge in [0, 0.05) is 6.42 Å². The van der Waals surface area contributed by atoms with Gasteiger partial charge in [0.15, 0.2) is 6.61 Å². The molecule has 0 aromatic heterocycles.